The Bertz CT molecular complexity index is 1960. The van der Waals surface area contributed by atoms with Gasteiger partial charge in [-0.1, -0.05) is 36.4 Å². The summed E-state index contributed by atoms with van der Waals surface area (Å²) in [6.45, 7) is 4.48. The lowest BCUT2D eigenvalue weighted by Crippen LogP contribution is -2.54. The topological polar surface area (TPSA) is 123 Å². The largest absolute Gasteiger partial charge is 0.573 e. The zero-order valence-electron chi connectivity index (χ0n) is 25.9. The van der Waals surface area contributed by atoms with Crippen molar-refractivity contribution >= 4 is 21.9 Å². The van der Waals surface area contributed by atoms with Gasteiger partial charge < -0.3 is 14.8 Å². The molecule has 0 aliphatic carbocycles. The number of aryl methyl sites for hydroxylation is 2. The number of hydrogen-bond donors (Lipinski definition) is 2. The highest BCUT2D eigenvalue weighted by Gasteiger charge is 2.39. The quantitative estimate of drug-likeness (QED) is 0.260. The third-order valence-corrected chi connectivity index (χ3v) is 9.72. The average Bonchev–Trinajstić information content (AvgIpc) is 3.02. The molecule has 2 aliphatic rings. The van der Waals surface area contributed by atoms with Gasteiger partial charge in [-0.2, -0.15) is 4.98 Å². The van der Waals surface area contributed by atoms with Gasteiger partial charge in [0, 0.05) is 55.2 Å². The summed E-state index contributed by atoms with van der Waals surface area (Å²) < 4.78 is 92.9. The molecule has 10 nitrogen and oxygen atoms in total. The van der Waals surface area contributed by atoms with Gasteiger partial charge >= 0.3 is 6.36 Å². The van der Waals surface area contributed by atoms with Crippen LogP contribution in [-0.4, -0.2) is 60.8 Å². The van der Waals surface area contributed by atoms with Crippen LogP contribution in [0.2, 0.25) is 0 Å². The zero-order chi connectivity index (χ0) is 34.3. The van der Waals surface area contributed by atoms with E-state index < -0.39 is 39.5 Å². The Hall–Kier alpha value is -4.76. The lowest BCUT2D eigenvalue weighted by atomic mass is 9.90. The number of sulfonamides is 1. The number of nitrogens with one attached hydrogen (secondary N) is 2. The molecule has 3 heterocycles. The number of likely N-dealkylation sites (tertiary alicyclic amines) is 1. The maximum atomic E-state index is 14.9. The molecule has 48 heavy (non-hydrogen) atoms. The van der Waals surface area contributed by atoms with E-state index in [1.807, 2.05) is 36.9 Å². The lowest BCUT2D eigenvalue weighted by Gasteiger charge is -2.41. The Labute approximate surface area is 274 Å². The van der Waals surface area contributed by atoms with E-state index in [0.29, 0.717) is 31.6 Å². The van der Waals surface area contributed by atoms with Crippen molar-refractivity contribution in [1.82, 2.24) is 20.2 Å². The van der Waals surface area contributed by atoms with E-state index in [-0.39, 0.29) is 40.9 Å². The Kier molecular flexibility index (Phi) is 8.76. The van der Waals surface area contributed by atoms with E-state index >= 15 is 0 Å². The number of amides is 1. The van der Waals surface area contributed by atoms with Crippen LogP contribution in [0.4, 0.5) is 23.5 Å². The molecule has 6 rings (SSSR count). The van der Waals surface area contributed by atoms with Crippen molar-refractivity contribution in [2.75, 3.05) is 24.4 Å². The number of anilines is 1. The molecular weight excluding hydrogens is 654 g/mol. The highest BCUT2D eigenvalue weighted by Crippen LogP contribution is 2.35. The van der Waals surface area contributed by atoms with Crippen LogP contribution < -0.4 is 19.5 Å². The Balaban J connectivity index is 1.34. The number of carbonyl (C=O) groups is 1. The molecule has 3 aromatic carbocycles. The van der Waals surface area contributed by atoms with Gasteiger partial charge in [0.15, 0.2) is 11.6 Å². The van der Waals surface area contributed by atoms with Crippen molar-refractivity contribution in [3.05, 3.63) is 94.8 Å². The number of aromatic nitrogens is 2. The minimum atomic E-state index is -5.04. The minimum absolute atomic E-state index is 0.00622. The fraction of sp³-hybridized carbons (Fsp3) is 0.303. The molecule has 4 bridgehead atoms. The van der Waals surface area contributed by atoms with E-state index in [2.05, 4.69) is 24.7 Å². The smallest absolute Gasteiger partial charge is 0.469 e. The standard InChI is InChI=1S/C33H31F4N5O5S/c1-20-6-3-7-21(2)28(20)25-17-27-40-31(39-25)41-48(44,45)24-10-4-8-22(16-24)30(43)38-19-32(47-27)12-14-42(15-13-32)18-23-9-5-11-26(29(23)34)46-33(35,36)37/h3-11,16-17H,12-15,18-19H2,1-2H3,(H,38,43)(H,39,40,41). The zero-order valence-corrected chi connectivity index (χ0v) is 26.7. The molecule has 1 aromatic heterocycles. The third kappa shape index (κ3) is 7.21. The number of hydrogen-bond acceptors (Lipinski definition) is 8. The van der Waals surface area contributed by atoms with Crippen LogP contribution in [-0.2, 0) is 16.6 Å². The fourth-order valence-corrected chi connectivity index (χ4v) is 6.96. The monoisotopic (exact) mass is 685 g/mol. The summed E-state index contributed by atoms with van der Waals surface area (Å²) in [5, 5.41) is 2.87. The Morgan fingerprint density at radius 1 is 0.979 bits per heavy atom. The summed E-state index contributed by atoms with van der Waals surface area (Å²) in [4.78, 5) is 23.9. The van der Waals surface area contributed by atoms with Crippen molar-refractivity contribution < 1.29 is 40.2 Å². The first-order valence-corrected chi connectivity index (χ1v) is 16.5. The van der Waals surface area contributed by atoms with Gasteiger partial charge in [0.25, 0.3) is 15.9 Å². The average molecular weight is 686 g/mol. The Morgan fingerprint density at radius 3 is 2.38 bits per heavy atom. The first-order chi connectivity index (χ1) is 22.7. The molecule has 1 fully saturated rings. The van der Waals surface area contributed by atoms with E-state index in [9.17, 15) is 30.8 Å². The number of piperidine rings is 1. The van der Waals surface area contributed by atoms with E-state index in [1.165, 1.54) is 36.4 Å². The normalized spacial score (nSPS) is 17.6. The highest BCUT2D eigenvalue weighted by atomic mass is 32.2. The van der Waals surface area contributed by atoms with Crippen molar-refractivity contribution in [2.24, 2.45) is 0 Å². The van der Waals surface area contributed by atoms with Crippen LogP contribution in [0.3, 0.4) is 0 Å². The first-order valence-electron chi connectivity index (χ1n) is 15.0. The maximum Gasteiger partial charge on any atom is 0.573 e. The molecule has 1 spiro atoms. The van der Waals surface area contributed by atoms with E-state index in [1.54, 1.807) is 6.07 Å². The second-order valence-electron chi connectivity index (χ2n) is 11.8. The molecule has 1 amide bonds. The molecule has 4 aromatic rings. The summed E-state index contributed by atoms with van der Waals surface area (Å²) in [5.74, 6) is -2.68. The predicted molar refractivity (Wildman–Crippen MR) is 167 cm³/mol. The van der Waals surface area contributed by atoms with E-state index in [4.69, 9.17) is 4.74 Å². The molecule has 2 N–H and O–H groups in total. The van der Waals surface area contributed by atoms with Gasteiger partial charge in [-0.25, -0.2) is 22.5 Å². The highest BCUT2D eigenvalue weighted by molar-refractivity contribution is 7.92. The van der Waals surface area contributed by atoms with Gasteiger partial charge in [-0.3, -0.25) is 9.69 Å². The van der Waals surface area contributed by atoms with E-state index in [0.717, 1.165) is 22.8 Å². The van der Waals surface area contributed by atoms with Gasteiger partial charge in [0.05, 0.1) is 17.1 Å². The number of halogens is 4. The summed E-state index contributed by atoms with van der Waals surface area (Å²) >= 11 is 0. The van der Waals surface area contributed by atoms with Crippen molar-refractivity contribution in [1.29, 1.82) is 0 Å². The molecule has 0 atom stereocenters. The van der Waals surface area contributed by atoms with Crippen LogP contribution in [0.25, 0.3) is 11.3 Å². The number of nitrogens with zero attached hydrogens (tertiary/aromatic N) is 3. The number of ether oxygens (including phenoxy) is 2. The Morgan fingerprint density at radius 2 is 1.67 bits per heavy atom. The minimum Gasteiger partial charge on any atom is -0.469 e. The summed E-state index contributed by atoms with van der Waals surface area (Å²) in [5.41, 5.74) is 2.09. The lowest BCUT2D eigenvalue weighted by molar-refractivity contribution is -0.275. The first kappa shape index (κ1) is 33.2. The number of alkyl halides is 3. The van der Waals surface area contributed by atoms with Crippen LogP contribution >= 0.6 is 0 Å². The number of carbonyl (C=O) groups excluding carboxylic acids is 1. The second kappa shape index (κ2) is 12.7. The molecular formula is C33H31F4N5O5S. The van der Waals surface area contributed by atoms with Crippen LogP contribution in [0.1, 0.15) is 39.9 Å². The predicted octanol–water partition coefficient (Wildman–Crippen LogP) is 5.76. The molecule has 0 radical (unpaired) electrons. The molecule has 0 saturated carbocycles. The van der Waals surface area contributed by atoms with Gasteiger partial charge in [-0.15, -0.1) is 13.2 Å². The SMILES string of the molecule is Cc1cccc(C)c1-c1cc2nc(n1)NS(=O)(=O)c1cccc(c1)C(=O)NCC1(CCN(Cc3cccc(OC(F)(F)F)c3F)CC1)O2. The van der Waals surface area contributed by atoms with Crippen LogP contribution in [0, 0.1) is 19.7 Å². The van der Waals surface area contributed by atoms with Gasteiger partial charge in [0.2, 0.25) is 11.8 Å². The third-order valence-electron chi connectivity index (χ3n) is 8.39. The molecule has 252 valence electrons. The maximum absolute atomic E-state index is 14.9. The van der Waals surface area contributed by atoms with Gasteiger partial charge in [-0.05, 0) is 49.2 Å². The summed E-state index contributed by atoms with van der Waals surface area (Å²) in [6, 6.07) is 16.5. The number of benzene rings is 3. The van der Waals surface area contributed by atoms with Crippen molar-refractivity contribution in [2.45, 2.75) is 50.1 Å². The van der Waals surface area contributed by atoms with Crippen LogP contribution in [0.15, 0.2) is 71.6 Å². The van der Waals surface area contributed by atoms with Crippen molar-refractivity contribution in [3.63, 3.8) is 0 Å². The number of rotatable bonds is 4. The van der Waals surface area contributed by atoms with Gasteiger partial charge in [0.1, 0.15) is 5.60 Å². The number of fused-ring (bicyclic) bond motifs is 4. The fourth-order valence-electron chi connectivity index (χ4n) is 5.97. The van der Waals surface area contributed by atoms with Crippen molar-refractivity contribution in [3.8, 4) is 22.9 Å². The molecule has 2 aliphatic heterocycles. The molecule has 0 unspecified atom stereocenters. The molecule has 15 heteroatoms. The molecule has 1 saturated heterocycles. The second-order valence-corrected chi connectivity index (χ2v) is 13.5. The van der Waals surface area contributed by atoms with Crippen LogP contribution in [0.5, 0.6) is 11.6 Å². The summed E-state index contributed by atoms with van der Waals surface area (Å²) in [6.07, 6.45) is -4.43. The summed E-state index contributed by atoms with van der Waals surface area (Å²) in [7, 11) is -4.21.